The molecule has 0 spiro atoms. The zero-order chi connectivity index (χ0) is 19.4. The van der Waals surface area contributed by atoms with Crippen molar-refractivity contribution >= 4 is 17.8 Å². The predicted molar refractivity (Wildman–Crippen MR) is 96.2 cm³/mol. The van der Waals surface area contributed by atoms with Crippen molar-refractivity contribution in [2.45, 2.75) is 66.0 Å². The van der Waals surface area contributed by atoms with Crippen LogP contribution < -0.4 is 5.32 Å². The Kier molecular flexibility index (Phi) is 6.99. The number of carbonyl (C=O) groups is 3. The topological polar surface area (TPSA) is 90.0 Å². The van der Waals surface area contributed by atoms with Gasteiger partial charge in [0.15, 0.2) is 0 Å². The quantitative estimate of drug-likeness (QED) is 0.776. The number of nitrogens with one attached hydrogen (secondary N) is 1. The maximum Gasteiger partial charge on any atom is 0.326 e. The molecule has 0 aromatic heterocycles. The number of carboxylic acid groups (broad SMARTS) is 1. The second-order valence-corrected chi connectivity index (χ2v) is 8.69. The lowest BCUT2D eigenvalue weighted by Gasteiger charge is -2.42. The molecule has 1 aliphatic heterocycles. The highest BCUT2D eigenvalue weighted by atomic mass is 16.4. The summed E-state index contributed by atoms with van der Waals surface area (Å²) in [5.41, 5.74) is -0.582. The summed E-state index contributed by atoms with van der Waals surface area (Å²) >= 11 is 0. The Balaban J connectivity index is 2.51. The fourth-order valence-electron chi connectivity index (χ4n) is 2.68. The molecule has 0 radical (unpaired) electrons. The van der Waals surface area contributed by atoms with Crippen LogP contribution in [0.15, 0.2) is 0 Å². The van der Waals surface area contributed by atoms with Gasteiger partial charge in [-0.25, -0.2) is 4.79 Å². The first-order valence-electron chi connectivity index (χ1n) is 8.89. The monoisotopic (exact) mass is 355 g/mol. The Morgan fingerprint density at radius 2 is 1.52 bits per heavy atom. The normalized spacial score (nSPS) is 17.9. The van der Waals surface area contributed by atoms with Gasteiger partial charge in [0.2, 0.25) is 11.8 Å². The second-order valence-electron chi connectivity index (χ2n) is 8.69. The third-order valence-electron chi connectivity index (χ3n) is 4.51. The van der Waals surface area contributed by atoms with E-state index >= 15 is 0 Å². The molecule has 7 heteroatoms. The summed E-state index contributed by atoms with van der Waals surface area (Å²) in [6.07, 6.45) is 0.229. The Bertz CT molecular complexity index is 497. The summed E-state index contributed by atoms with van der Waals surface area (Å²) in [5.74, 6) is -1.49. The second kappa shape index (κ2) is 8.17. The van der Waals surface area contributed by atoms with Crippen LogP contribution in [-0.2, 0) is 14.4 Å². The highest BCUT2D eigenvalue weighted by Gasteiger charge is 2.30. The van der Waals surface area contributed by atoms with E-state index in [1.165, 1.54) is 0 Å². The van der Waals surface area contributed by atoms with Gasteiger partial charge in [0, 0.05) is 43.6 Å². The summed E-state index contributed by atoms with van der Waals surface area (Å²) in [4.78, 5) is 39.8. The molecular formula is C18H33N3O4. The molecule has 2 amide bonds. The Morgan fingerprint density at radius 1 is 1.00 bits per heavy atom. The molecule has 0 aromatic carbocycles. The summed E-state index contributed by atoms with van der Waals surface area (Å²) in [7, 11) is 0. The van der Waals surface area contributed by atoms with Crippen molar-refractivity contribution < 1.29 is 19.5 Å². The molecule has 0 unspecified atom stereocenters. The average molecular weight is 355 g/mol. The van der Waals surface area contributed by atoms with Crippen LogP contribution in [0.5, 0.6) is 0 Å². The molecule has 1 atom stereocenters. The molecule has 0 aliphatic carbocycles. The van der Waals surface area contributed by atoms with Crippen molar-refractivity contribution in [3.05, 3.63) is 0 Å². The highest BCUT2D eigenvalue weighted by Crippen LogP contribution is 2.17. The number of aliphatic carboxylic acids is 1. The molecule has 0 bridgehead atoms. The van der Waals surface area contributed by atoms with Gasteiger partial charge < -0.3 is 15.3 Å². The van der Waals surface area contributed by atoms with Crippen molar-refractivity contribution in [2.24, 2.45) is 5.41 Å². The van der Waals surface area contributed by atoms with Gasteiger partial charge in [0.05, 0.1) is 0 Å². The molecule has 7 nitrogen and oxygen atoms in total. The standard InChI is InChI=1S/C18H33N3O4/c1-17(2,3)16(25)19-13(15(23)24)7-8-14(22)20-9-11-21(12-10-20)18(4,5)6/h13H,7-12H2,1-6H3,(H,19,25)(H,23,24)/t13-/m0/s1. The summed E-state index contributed by atoms with van der Waals surface area (Å²) < 4.78 is 0. The number of hydrogen-bond acceptors (Lipinski definition) is 4. The van der Waals surface area contributed by atoms with Crippen LogP contribution in [0.2, 0.25) is 0 Å². The minimum Gasteiger partial charge on any atom is -0.480 e. The van der Waals surface area contributed by atoms with Crippen molar-refractivity contribution in [2.75, 3.05) is 26.2 Å². The van der Waals surface area contributed by atoms with Gasteiger partial charge in [0.25, 0.3) is 0 Å². The van der Waals surface area contributed by atoms with Gasteiger partial charge in [-0.2, -0.15) is 0 Å². The molecule has 25 heavy (non-hydrogen) atoms. The Labute approximate surface area is 150 Å². The maximum absolute atomic E-state index is 12.4. The first-order chi connectivity index (χ1) is 11.3. The number of rotatable bonds is 5. The van der Waals surface area contributed by atoms with Crippen LogP contribution in [0, 0.1) is 5.41 Å². The van der Waals surface area contributed by atoms with E-state index in [-0.39, 0.29) is 30.2 Å². The fraction of sp³-hybridized carbons (Fsp3) is 0.833. The lowest BCUT2D eigenvalue weighted by atomic mass is 9.95. The lowest BCUT2D eigenvalue weighted by molar-refractivity contribution is -0.144. The van der Waals surface area contributed by atoms with Crippen LogP contribution in [0.1, 0.15) is 54.4 Å². The number of carboxylic acids is 1. The van der Waals surface area contributed by atoms with Gasteiger partial charge >= 0.3 is 5.97 Å². The molecule has 1 heterocycles. The largest absolute Gasteiger partial charge is 0.480 e. The minimum absolute atomic E-state index is 0.0511. The molecule has 1 saturated heterocycles. The van der Waals surface area contributed by atoms with Crippen LogP contribution in [-0.4, -0.2) is 70.4 Å². The summed E-state index contributed by atoms with van der Waals surface area (Å²) in [6.45, 7) is 14.6. The zero-order valence-electron chi connectivity index (χ0n) is 16.4. The third-order valence-corrected chi connectivity index (χ3v) is 4.51. The number of nitrogens with zero attached hydrogens (tertiary/aromatic N) is 2. The van der Waals surface area contributed by atoms with E-state index in [0.29, 0.717) is 13.1 Å². The highest BCUT2D eigenvalue weighted by molar-refractivity contribution is 5.87. The van der Waals surface area contributed by atoms with Crippen LogP contribution in [0.25, 0.3) is 0 Å². The maximum atomic E-state index is 12.4. The van der Waals surface area contributed by atoms with Gasteiger partial charge in [0.1, 0.15) is 6.04 Å². The predicted octanol–water partition coefficient (Wildman–Crippen LogP) is 1.32. The fourth-order valence-corrected chi connectivity index (χ4v) is 2.68. The van der Waals surface area contributed by atoms with Crippen LogP contribution in [0.4, 0.5) is 0 Å². The minimum atomic E-state index is -1.11. The molecule has 1 aliphatic rings. The van der Waals surface area contributed by atoms with Crippen molar-refractivity contribution in [1.29, 1.82) is 0 Å². The molecule has 1 rings (SSSR count). The van der Waals surface area contributed by atoms with Crippen molar-refractivity contribution in [3.8, 4) is 0 Å². The Morgan fingerprint density at radius 3 is 1.92 bits per heavy atom. The lowest BCUT2D eigenvalue weighted by Crippen LogP contribution is -2.54. The molecular weight excluding hydrogens is 322 g/mol. The van der Waals surface area contributed by atoms with Gasteiger partial charge in [-0.15, -0.1) is 0 Å². The van der Waals surface area contributed by atoms with Gasteiger partial charge in [-0.05, 0) is 27.2 Å². The van der Waals surface area contributed by atoms with E-state index in [1.54, 1.807) is 25.7 Å². The first kappa shape index (κ1) is 21.4. The van der Waals surface area contributed by atoms with E-state index < -0.39 is 17.4 Å². The van der Waals surface area contributed by atoms with Gasteiger partial charge in [-0.3, -0.25) is 14.5 Å². The van der Waals surface area contributed by atoms with Crippen molar-refractivity contribution in [1.82, 2.24) is 15.1 Å². The van der Waals surface area contributed by atoms with E-state index in [0.717, 1.165) is 13.1 Å². The van der Waals surface area contributed by atoms with E-state index in [9.17, 15) is 19.5 Å². The molecule has 0 aromatic rings. The molecule has 2 N–H and O–H groups in total. The first-order valence-corrected chi connectivity index (χ1v) is 8.89. The van der Waals surface area contributed by atoms with Crippen molar-refractivity contribution in [3.63, 3.8) is 0 Å². The number of piperazine rings is 1. The van der Waals surface area contributed by atoms with Gasteiger partial charge in [-0.1, -0.05) is 20.8 Å². The molecule has 144 valence electrons. The van der Waals surface area contributed by atoms with E-state index in [1.807, 2.05) is 0 Å². The number of carbonyl (C=O) groups excluding carboxylic acids is 2. The SMILES string of the molecule is CC(C)(C)C(=O)N[C@@H](CCC(=O)N1CCN(C(C)(C)C)CC1)C(=O)O. The number of amides is 2. The summed E-state index contributed by atoms with van der Waals surface area (Å²) in [6, 6.07) is -1.04. The average Bonchev–Trinajstić information content (AvgIpc) is 2.48. The zero-order valence-corrected chi connectivity index (χ0v) is 16.4. The smallest absolute Gasteiger partial charge is 0.326 e. The van der Waals surface area contributed by atoms with E-state index in [2.05, 4.69) is 31.0 Å². The molecule has 0 saturated carbocycles. The van der Waals surface area contributed by atoms with Crippen LogP contribution >= 0.6 is 0 Å². The molecule has 1 fully saturated rings. The number of hydrogen-bond donors (Lipinski definition) is 2. The van der Waals surface area contributed by atoms with Crippen LogP contribution in [0.3, 0.4) is 0 Å². The summed E-state index contributed by atoms with van der Waals surface area (Å²) in [5, 5.41) is 11.8. The third kappa shape index (κ3) is 6.65. The van der Waals surface area contributed by atoms with E-state index in [4.69, 9.17) is 0 Å². The Hall–Kier alpha value is -1.63.